The molecule has 0 unspecified atom stereocenters. The van der Waals surface area contributed by atoms with Crippen LogP contribution in [-0.4, -0.2) is 22.2 Å². The van der Waals surface area contributed by atoms with E-state index in [4.69, 9.17) is 17.3 Å². The van der Waals surface area contributed by atoms with Crippen LogP contribution in [0.2, 0.25) is 5.02 Å². The van der Waals surface area contributed by atoms with Crippen LogP contribution >= 0.6 is 11.6 Å². The van der Waals surface area contributed by atoms with Crippen molar-refractivity contribution in [3.05, 3.63) is 47.0 Å². The van der Waals surface area contributed by atoms with E-state index in [-0.39, 0.29) is 17.1 Å². The molecule has 26 heavy (non-hydrogen) atoms. The summed E-state index contributed by atoms with van der Waals surface area (Å²) in [6.45, 7) is 4.04. The lowest BCUT2D eigenvalue weighted by atomic mass is 9.78. The fourth-order valence-corrected chi connectivity index (χ4v) is 4.09. The highest BCUT2D eigenvalue weighted by Crippen LogP contribution is 2.43. The summed E-state index contributed by atoms with van der Waals surface area (Å²) in [4.78, 5) is 12.8. The molecule has 1 amide bonds. The van der Waals surface area contributed by atoms with E-state index in [0.29, 0.717) is 17.3 Å². The molecule has 0 aliphatic heterocycles. The second kappa shape index (κ2) is 6.91. The van der Waals surface area contributed by atoms with Gasteiger partial charge in [0, 0.05) is 23.2 Å². The lowest BCUT2D eigenvalue weighted by Gasteiger charge is -2.33. The number of nitrogens with zero attached hydrogens (tertiary/aromatic N) is 2. The minimum absolute atomic E-state index is 0.148. The molecule has 1 fully saturated rings. The van der Waals surface area contributed by atoms with Gasteiger partial charge in [0.1, 0.15) is 11.4 Å². The molecule has 5 nitrogen and oxygen atoms in total. The van der Waals surface area contributed by atoms with Crippen molar-refractivity contribution in [1.29, 1.82) is 0 Å². The minimum Gasteiger partial charge on any atom is -0.396 e. The molecule has 1 aromatic carbocycles. The van der Waals surface area contributed by atoms with Crippen LogP contribution in [-0.2, 0) is 15.7 Å². The van der Waals surface area contributed by atoms with Crippen LogP contribution in [0.4, 0.5) is 10.1 Å². The lowest BCUT2D eigenvalue weighted by Crippen LogP contribution is -2.49. The number of nitrogens with two attached hydrogens (primary N) is 1. The van der Waals surface area contributed by atoms with E-state index in [1.54, 1.807) is 30.8 Å². The van der Waals surface area contributed by atoms with Crippen LogP contribution in [0.1, 0.15) is 45.1 Å². The molecule has 7 heteroatoms. The smallest absolute Gasteiger partial charge is 0.247 e. The number of carbonyl (C=O) groups excluding carboxylic acids is 1. The van der Waals surface area contributed by atoms with Gasteiger partial charge in [-0.2, -0.15) is 5.10 Å². The van der Waals surface area contributed by atoms with Crippen molar-refractivity contribution in [2.45, 2.75) is 50.5 Å². The number of hydrogen-bond acceptors (Lipinski definition) is 3. The maximum atomic E-state index is 13.4. The molecule has 3 N–H and O–H groups in total. The number of hydrogen-bond donors (Lipinski definition) is 2. The summed E-state index contributed by atoms with van der Waals surface area (Å²) in [6, 6.07) is 4.52. The summed E-state index contributed by atoms with van der Waals surface area (Å²) < 4.78 is 15.0. The third kappa shape index (κ3) is 3.43. The van der Waals surface area contributed by atoms with E-state index in [1.165, 1.54) is 18.3 Å². The van der Waals surface area contributed by atoms with Crippen molar-refractivity contribution >= 4 is 23.2 Å². The Morgan fingerprint density at radius 1 is 1.42 bits per heavy atom. The summed E-state index contributed by atoms with van der Waals surface area (Å²) in [5, 5.41) is 7.63. The molecule has 1 aliphatic carbocycles. The molecule has 0 saturated heterocycles. The number of rotatable bonds is 5. The van der Waals surface area contributed by atoms with Gasteiger partial charge in [0.05, 0.1) is 11.9 Å². The first-order chi connectivity index (χ1) is 12.2. The highest BCUT2D eigenvalue weighted by Gasteiger charge is 2.39. The Morgan fingerprint density at radius 3 is 2.69 bits per heavy atom. The summed E-state index contributed by atoms with van der Waals surface area (Å²) in [5.74, 6) is -0.501. The number of benzene rings is 1. The van der Waals surface area contributed by atoms with Gasteiger partial charge in [0.2, 0.25) is 5.91 Å². The first kappa shape index (κ1) is 18.7. The van der Waals surface area contributed by atoms with Crippen molar-refractivity contribution in [2.24, 2.45) is 0 Å². The standard InChI is InChI=1S/C19H24ClFN4O/c1-18(2,25-11-14(22)10-24-25)17(26)23-12-19(7-3-4-8-19)15-6-5-13(21)9-16(15)20/h5-6,9-11H,3-4,7-8,12,22H2,1-2H3,(H,23,26). The first-order valence-electron chi connectivity index (χ1n) is 8.79. The maximum absolute atomic E-state index is 13.4. The molecule has 3 rings (SSSR count). The molecular weight excluding hydrogens is 355 g/mol. The van der Waals surface area contributed by atoms with Gasteiger partial charge in [0.25, 0.3) is 0 Å². The van der Waals surface area contributed by atoms with Crippen molar-refractivity contribution < 1.29 is 9.18 Å². The van der Waals surface area contributed by atoms with E-state index in [2.05, 4.69) is 10.4 Å². The first-order valence-corrected chi connectivity index (χ1v) is 9.17. The number of nitrogen functional groups attached to an aromatic ring is 1. The van der Waals surface area contributed by atoms with Crippen LogP contribution in [0.3, 0.4) is 0 Å². The quantitative estimate of drug-likeness (QED) is 0.834. The molecule has 1 aromatic heterocycles. The zero-order valence-electron chi connectivity index (χ0n) is 15.1. The summed E-state index contributed by atoms with van der Waals surface area (Å²) in [7, 11) is 0. The van der Waals surface area contributed by atoms with Gasteiger partial charge in [-0.3, -0.25) is 9.48 Å². The molecule has 0 radical (unpaired) electrons. The molecular formula is C19H24ClFN4O. The predicted molar refractivity (Wildman–Crippen MR) is 101 cm³/mol. The monoisotopic (exact) mass is 378 g/mol. The third-order valence-corrected chi connectivity index (χ3v) is 5.69. The summed E-state index contributed by atoms with van der Waals surface area (Å²) in [6.07, 6.45) is 7.10. The van der Waals surface area contributed by atoms with Crippen LogP contribution in [0.25, 0.3) is 0 Å². The average molecular weight is 379 g/mol. The van der Waals surface area contributed by atoms with Crippen molar-refractivity contribution in [1.82, 2.24) is 15.1 Å². The molecule has 0 bridgehead atoms. The van der Waals surface area contributed by atoms with Gasteiger partial charge in [-0.05, 0) is 44.4 Å². The van der Waals surface area contributed by atoms with Gasteiger partial charge < -0.3 is 11.1 Å². The van der Waals surface area contributed by atoms with Crippen LogP contribution < -0.4 is 11.1 Å². The highest BCUT2D eigenvalue weighted by molar-refractivity contribution is 6.31. The minimum atomic E-state index is -0.871. The second-order valence-electron chi connectivity index (χ2n) is 7.57. The Morgan fingerprint density at radius 2 is 2.12 bits per heavy atom. The zero-order chi connectivity index (χ0) is 18.9. The Labute approximate surface area is 157 Å². The SMILES string of the molecule is CC(C)(C(=O)NCC1(c2ccc(F)cc2Cl)CCCC1)n1cc(N)cn1. The van der Waals surface area contributed by atoms with Gasteiger partial charge in [-0.1, -0.05) is 30.5 Å². The largest absolute Gasteiger partial charge is 0.396 e. The lowest BCUT2D eigenvalue weighted by molar-refractivity contribution is -0.129. The van der Waals surface area contributed by atoms with E-state index < -0.39 is 5.54 Å². The van der Waals surface area contributed by atoms with E-state index in [0.717, 1.165) is 31.2 Å². The molecule has 1 aliphatic rings. The van der Waals surface area contributed by atoms with Crippen LogP contribution in [0, 0.1) is 5.82 Å². The van der Waals surface area contributed by atoms with Crippen LogP contribution in [0.5, 0.6) is 0 Å². The molecule has 2 aromatic rings. The molecule has 0 atom stereocenters. The molecule has 140 valence electrons. The number of halogens is 2. The molecule has 1 saturated carbocycles. The molecule has 0 spiro atoms. The van der Waals surface area contributed by atoms with E-state index >= 15 is 0 Å². The van der Waals surface area contributed by atoms with Crippen molar-refractivity contribution in [3.63, 3.8) is 0 Å². The van der Waals surface area contributed by atoms with Gasteiger partial charge >= 0.3 is 0 Å². The van der Waals surface area contributed by atoms with Crippen molar-refractivity contribution in [2.75, 3.05) is 12.3 Å². The Kier molecular flexibility index (Phi) is 4.97. The molecule has 1 heterocycles. The maximum Gasteiger partial charge on any atom is 0.247 e. The van der Waals surface area contributed by atoms with Gasteiger partial charge in [-0.15, -0.1) is 0 Å². The number of anilines is 1. The summed E-state index contributed by atoms with van der Waals surface area (Å²) in [5.41, 5.74) is 5.99. The number of amides is 1. The Balaban J connectivity index is 1.80. The fraction of sp³-hybridized carbons (Fsp3) is 0.474. The zero-order valence-corrected chi connectivity index (χ0v) is 15.8. The average Bonchev–Trinajstić information content (AvgIpc) is 3.22. The van der Waals surface area contributed by atoms with Crippen molar-refractivity contribution in [3.8, 4) is 0 Å². The Bertz CT molecular complexity index is 812. The fourth-order valence-electron chi connectivity index (χ4n) is 3.72. The second-order valence-corrected chi connectivity index (χ2v) is 7.98. The van der Waals surface area contributed by atoms with E-state index in [1.807, 2.05) is 0 Å². The highest BCUT2D eigenvalue weighted by atomic mass is 35.5. The number of nitrogens with one attached hydrogen (secondary N) is 1. The third-order valence-electron chi connectivity index (χ3n) is 5.38. The predicted octanol–water partition coefficient (Wildman–Crippen LogP) is 3.62. The van der Waals surface area contributed by atoms with Gasteiger partial charge in [-0.25, -0.2) is 4.39 Å². The Hall–Kier alpha value is -2.08. The topological polar surface area (TPSA) is 72.9 Å². The van der Waals surface area contributed by atoms with E-state index in [9.17, 15) is 9.18 Å². The van der Waals surface area contributed by atoms with Gasteiger partial charge in [0.15, 0.2) is 0 Å². The van der Waals surface area contributed by atoms with Crippen LogP contribution in [0.15, 0.2) is 30.6 Å². The number of carbonyl (C=O) groups is 1. The normalized spacial score (nSPS) is 16.6. The number of aromatic nitrogens is 2. The summed E-state index contributed by atoms with van der Waals surface area (Å²) >= 11 is 6.32.